The molecule has 0 amide bonds. The summed E-state index contributed by atoms with van der Waals surface area (Å²) in [6.07, 6.45) is 6.15. The lowest BCUT2D eigenvalue weighted by molar-refractivity contribution is -0.151. The van der Waals surface area contributed by atoms with E-state index in [1.807, 2.05) is 25.8 Å². The zero-order valence-electron chi connectivity index (χ0n) is 27.2. The maximum absolute atomic E-state index is 12.0. The van der Waals surface area contributed by atoms with Crippen molar-refractivity contribution in [2.24, 2.45) is 16.1 Å². The molecule has 0 spiro atoms. The van der Waals surface area contributed by atoms with Crippen LogP contribution in [-0.4, -0.2) is 106 Å². The molecule has 0 bridgehead atoms. The van der Waals surface area contributed by atoms with Crippen LogP contribution in [0.25, 0.3) is 5.82 Å². The van der Waals surface area contributed by atoms with Crippen LogP contribution < -0.4 is 15.5 Å². The molecule has 3 atom stereocenters. The van der Waals surface area contributed by atoms with Gasteiger partial charge in [0, 0.05) is 46.2 Å². The minimum atomic E-state index is -1.07. The van der Waals surface area contributed by atoms with Crippen molar-refractivity contribution in [1.82, 2.24) is 29.7 Å². The van der Waals surface area contributed by atoms with Crippen molar-refractivity contribution in [3.8, 4) is 11.9 Å². The van der Waals surface area contributed by atoms with E-state index in [-0.39, 0.29) is 42.2 Å². The van der Waals surface area contributed by atoms with Gasteiger partial charge < -0.3 is 34.9 Å². The van der Waals surface area contributed by atoms with Gasteiger partial charge >= 0.3 is 11.9 Å². The van der Waals surface area contributed by atoms with Crippen molar-refractivity contribution in [1.29, 1.82) is 5.26 Å². The average Bonchev–Trinajstić information content (AvgIpc) is 3.47. The molecule has 3 N–H and O–H groups in total. The molecule has 3 unspecified atom stereocenters. The molecule has 0 aromatic carbocycles. The Kier molecular flexibility index (Phi) is 13.9. The lowest BCUT2D eigenvalue weighted by Crippen LogP contribution is -2.34. The molecule has 0 saturated heterocycles. The number of nitriles is 1. The number of methoxy groups -OCH3 is 2. The van der Waals surface area contributed by atoms with Gasteiger partial charge in [0.15, 0.2) is 23.1 Å². The van der Waals surface area contributed by atoms with Gasteiger partial charge in [-0.2, -0.15) is 15.2 Å². The van der Waals surface area contributed by atoms with Crippen molar-refractivity contribution < 1.29 is 28.9 Å². The summed E-state index contributed by atoms with van der Waals surface area (Å²) < 4.78 is 17.2. The van der Waals surface area contributed by atoms with Crippen LogP contribution in [0.5, 0.6) is 0 Å². The first kappa shape index (κ1) is 36.2. The third-order valence-electron chi connectivity index (χ3n) is 6.67. The van der Waals surface area contributed by atoms with Gasteiger partial charge in [0.25, 0.3) is 0 Å². The number of carboxylic acids is 1. The van der Waals surface area contributed by atoms with Gasteiger partial charge in [-0.25, -0.2) is 9.67 Å². The van der Waals surface area contributed by atoms with Gasteiger partial charge in [-0.05, 0) is 20.3 Å². The smallest absolute Gasteiger partial charge is 0.306 e. The number of carbonyl (C=O) groups is 2. The third kappa shape index (κ3) is 10.6. The Morgan fingerprint density at radius 2 is 1.87 bits per heavy atom. The summed E-state index contributed by atoms with van der Waals surface area (Å²) in [5.74, 6) is -1.07. The molecule has 0 saturated carbocycles. The Morgan fingerprint density at radius 3 is 2.53 bits per heavy atom. The van der Waals surface area contributed by atoms with Crippen LogP contribution in [0.1, 0.15) is 39.2 Å². The number of carboxylic acid groups (broad SMARTS) is 1. The second-order valence-corrected chi connectivity index (χ2v) is 10.6. The monoisotopic (exact) mass is 652 g/mol. The fourth-order valence-electron chi connectivity index (χ4n) is 4.00. The minimum absolute atomic E-state index is 0.0393. The number of carbonyl (C=O) groups excluding carboxylic acids is 1. The summed E-state index contributed by atoms with van der Waals surface area (Å²) in [5, 5.41) is 38.4. The summed E-state index contributed by atoms with van der Waals surface area (Å²) in [6.45, 7) is 6.45. The van der Waals surface area contributed by atoms with E-state index < -0.39 is 17.9 Å². The van der Waals surface area contributed by atoms with E-state index in [4.69, 9.17) is 29.3 Å². The lowest BCUT2D eigenvalue weighted by Gasteiger charge is -2.26. The van der Waals surface area contributed by atoms with Gasteiger partial charge in [-0.3, -0.25) is 14.6 Å². The van der Waals surface area contributed by atoms with Crippen LogP contribution in [0.15, 0.2) is 35.0 Å². The van der Waals surface area contributed by atoms with E-state index in [0.717, 1.165) is 0 Å². The number of aromatic nitrogens is 6. The maximum Gasteiger partial charge on any atom is 0.306 e. The highest BCUT2D eigenvalue weighted by Gasteiger charge is 2.22. The van der Waals surface area contributed by atoms with E-state index >= 15 is 0 Å². The van der Waals surface area contributed by atoms with Gasteiger partial charge in [0.1, 0.15) is 11.6 Å². The predicted molar refractivity (Wildman–Crippen MR) is 170 cm³/mol. The highest BCUT2D eigenvalue weighted by atomic mass is 16.5. The first-order valence-corrected chi connectivity index (χ1v) is 14.8. The van der Waals surface area contributed by atoms with Crippen LogP contribution >= 0.6 is 0 Å². The molecule has 0 aliphatic rings. The predicted octanol–water partition coefficient (Wildman–Crippen LogP) is 3.11. The molecule has 0 radical (unpaired) electrons. The SMILES string of the molecule is COCC(C)Nc1nc(N(C)C(C)COC)nc(NCCCOC(=O)CC(C)C(=O)O)c1N=Nc1nn(-c2cnccn2)cc1C#N. The molecule has 0 aliphatic heterocycles. The zero-order valence-corrected chi connectivity index (χ0v) is 27.2. The summed E-state index contributed by atoms with van der Waals surface area (Å²) in [7, 11) is 5.03. The van der Waals surface area contributed by atoms with E-state index in [0.29, 0.717) is 49.6 Å². The number of likely N-dealkylation sites (N-methyl/N-ethyl adjacent to an activating group) is 1. The van der Waals surface area contributed by atoms with Crippen molar-refractivity contribution in [3.05, 3.63) is 30.4 Å². The number of hydrogen-bond acceptors (Lipinski definition) is 16. The number of anilines is 3. The standard InChI is InChI=1S/C29H40N12O6/c1-18(28(43)44)12-23(42)47-11-7-8-33-26-24(37-38-25-21(13-30)15-41(39-25)22-14-31-9-10-32-22)27(34-19(2)16-45-5)36-29(35-26)40(4)20(3)17-46-6/h9-10,14-15,18-20H,7-8,11-12,16-17H2,1-6H3,(H,43,44)(H2,33,34,35,36). The van der Waals surface area contributed by atoms with E-state index in [1.165, 1.54) is 36.4 Å². The zero-order chi connectivity index (χ0) is 34.3. The molecule has 47 heavy (non-hydrogen) atoms. The van der Waals surface area contributed by atoms with Crippen molar-refractivity contribution in [3.63, 3.8) is 0 Å². The Balaban J connectivity index is 1.97. The number of nitrogens with one attached hydrogen (secondary N) is 2. The van der Waals surface area contributed by atoms with Crippen molar-refractivity contribution >= 4 is 41.0 Å². The number of rotatable bonds is 19. The quantitative estimate of drug-likeness (QED) is 0.0960. The molecule has 3 aromatic heterocycles. The summed E-state index contributed by atoms with van der Waals surface area (Å²) in [5.41, 5.74) is 0.385. The second-order valence-electron chi connectivity index (χ2n) is 10.6. The van der Waals surface area contributed by atoms with Crippen LogP contribution in [0.2, 0.25) is 0 Å². The van der Waals surface area contributed by atoms with Crippen molar-refractivity contribution in [2.45, 2.75) is 45.7 Å². The molecule has 18 heteroatoms. The Hall–Kier alpha value is -5.28. The molecular weight excluding hydrogens is 612 g/mol. The number of azo groups is 1. The number of hydrogen-bond donors (Lipinski definition) is 3. The molecule has 252 valence electrons. The largest absolute Gasteiger partial charge is 0.481 e. The van der Waals surface area contributed by atoms with E-state index in [2.05, 4.69) is 42.0 Å². The Morgan fingerprint density at radius 1 is 1.13 bits per heavy atom. The summed E-state index contributed by atoms with van der Waals surface area (Å²) >= 11 is 0. The maximum atomic E-state index is 12.0. The van der Waals surface area contributed by atoms with Crippen molar-refractivity contribution in [2.75, 3.05) is 63.2 Å². The van der Waals surface area contributed by atoms with Crippen LogP contribution in [0.4, 0.5) is 29.1 Å². The Bertz CT molecular complexity index is 1540. The number of aliphatic carboxylic acids is 1. The van der Waals surface area contributed by atoms with Crippen LogP contribution in [-0.2, 0) is 23.8 Å². The van der Waals surface area contributed by atoms with Crippen LogP contribution in [0, 0.1) is 17.2 Å². The fourth-order valence-corrected chi connectivity index (χ4v) is 4.00. The van der Waals surface area contributed by atoms with E-state index in [9.17, 15) is 14.9 Å². The summed E-state index contributed by atoms with van der Waals surface area (Å²) in [6, 6.07) is 1.79. The van der Waals surface area contributed by atoms with Gasteiger partial charge in [0.2, 0.25) is 11.8 Å². The Labute approximate surface area is 272 Å². The fraction of sp³-hybridized carbons (Fsp3) is 0.517. The molecule has 0 fully saturated rings. The lowest BCUT2D eigenvalue weighted by atomic mass is 10.1. The van der Waals surface area contributed by atoms with Gasteiger partial charge in [-0.15, -0.1) is 15.3 Å². The second kappa shape index (κ2) is 18.0. The molecule has 18 nitrogen and oxygen atoms in total. The first-order chi connectivity index (χ1) is 22.6. The number of esters is 1. The normalized spacial score (nSPS) is 13.0. The molecule has 0 aliphatic carbocycles. The average molecular weight is 653 g/mol. The molecule has 3 aromatic rings. The first-order valence-electron chi connectivity index (χ1n) is 14.8. The highest BCUT2D eigenvalue weighted by Crippen LogP contribution is 2.35. The molecule has 3 rings (SSSR count). The molecular formula is C29H40N12O6. The van der Waals surface area contributed by atoms with Crippen LogP contribution in [0.3, 0.4) is 0 Å². The molecule has 3 heterocycles. The summed E-state index contributed by atoms with van der Waals surface area (Å²) in [4.78, 5) is 42.6. The minimum Gasteiger partial charge on any atom is -0.481 e. The third-order valence-corrected chi connectivity index (χ3v) is 6.67. The number of nitrogens with zero attached hydrogens (tertiary/aromatic N) is 10. The topological polar surface area (TPSA) is 227 Å². The van der Waals surface area contributed by atoms with Gasteiger partial charge in [0.05, 0.1) is 50.6 Å². The van der Waals surface area contributed by atoms with Gasteiger partial charge in [-0.1, -0.05) is 6.92 Å². The highest BCUT2D eigenvalue weighted by molar-refractivity contribution is 5.78. The van der Waals surface area contributed by atoms with E-state index in [1.54, 1.807) is 14.2 Å². The number of ether oxygens (including phenoxy) is 3.